The molecule has 3 N–H and O–H groups in total. The zero-order valence-electron chi connectivity index (χ0n) is 11.3. The van der Waals surface area contributed by atoms with Crippen molar-refractivity contribution in [2.24, 2.45) is 5.84 Å². The Morgan fingerprint density at radius 2 is 1.90 bits per heavy atom. The van der Waals surface area contributed by atoms with Crippen molar-refractivity contribution in [1.29, 1.82) is 0 Å². The summed E-state index contributed by atoms with van der Waals surface area (Å²) < 4.78 is 0. The summed E-state index contributed by atoms with van der Waals surface area (Å²) in [4.78, 5) is 9.05. The molecule has 0 aliphatic carbocycles. The largest absolute Gasteiger partial charge is 0.271 e. The van der Waals surface area contributed by atoms with Crippen molar-refractivity contribution in [2.45, 2.75) is 12.5 Å². The normalized spacial score (nSPS) is 12.5. The highest BCUT2D eigenvalue weighted by atomic mass is 35.5. The van der Waals surface area contributed by atoms with Gasteiger partial charge in [-0.05, 0) is 36.2 Å². The molecule has 21 heavy (non-hydrogen) atoms. The molecule has 1 aromatic heterocycles. The van der Waals surface area contributed by atoms with Gasteiger partial charge in [-0.1, -0.05) is 35.9 Å². The lowest BCUT2D eigenvalue weighted by Crippen LogP contribution is -2.30. The Balaban J connectivity index is 1.90. The summed E-state index contributed by atoms with van der Waals surface area (Å²) >= 11 is 6.02. The Kier molecular flexibility index (Phi) is 4.10. The van der Waals surface area contributed by atoms with Crippen LogP contribution >= 0.6 is 11.6 Å². The lowest BCUT2D eigenvalue weighted by Gasteiger charge is -2.15. The van der Waals surface area contributed by atoms with Crippen molar-refractivity contribution in [3.8, 4) is 0 Å². The van der Waals surface area contributed by atoms with E-state index < -0.39 is 0 Å². The van der Waals surface area contributed by atoms with Gasteiger partial charge in [-0.25, -0.2) is 4.98 Å². The Labute approximate surface area is 128 Å². The topological polar surface area (TPSA) is 63.8 Å². The molecule has 0 saturated carbocycles. The highest BCUT2D eigenvalue weighted by Gasteiger charge is 2.13. The van der Waals surface area contributed by atoms with Gasteiger partial charge in [-0.15, -0.1) is 0 Å². The van der Waals surface area contributed by atoms with Crippen LogP contribution < -0.4 is 11.3 Å². The van der Waals surface area contributed by atoms with Gasteiger partial charge in [0.2, 0.25) is 0 Å². The second kappa shape index (κ2) is 6.18. The Morgan fingerprint density at radius 1 is 1.10 bits per heavy atom. The van der Waals surface area contributed by atoms with E-state index in [0.29, 0.717) is 11.4 Å². The zero-order valence-corrected chi connectivity index (χ0v) is 12.1. The maximum absolute atomic E-state index is 6.02. The van der Waals surface area contributed by atoms with Gasteiger partial charge in [0.1, 0.15) is 0 Å². The number of halogens is 1. The number of para-hydroxylation sites is 2. The van der Waals surface area contributed by atoms with Crippen molar-refractivity contribution < 1.29 is 0 Å². The van der Waals surface area contributed by atoms with Gasteiger partial charge in [0, 0.05) is 5.02 Å². The van der Waals surface area contributed by atoms with E-state index in [4.69, 9.17) is 17.4 Å². The lowest BCUT2D eigenvalue weighted by atomic mass is 10.0. The summed E-state index contributed by atoms with van der Waals surface area (Å²) in [6, 6.07) is 15.4. The molecule has 0 saturated heterocycles. The van der Waals surface area contributed by atoms with Crippen molar-refractivity contribution >= 4 is 22.6 Å². The molecule has 0 aliphatic heterocycles. The SMILES string of the molecule is NNC(Cc1cccc(Cl)c1)c1cnc2ccccc2n1. The molecular weight excluding hydrogens is 284 g/mol. The molecular formula is C16H15ClN4. The lowest BCUT2D eigenvalue weighted by molar-refractivity contribution is 0.538. The standard InChI is InChI=1S/C16H15ClN4/c17-12-5-3-4-11(8-12)9-15(21-18)16-10-19-13-6-1-2-7-14(13)20-16/h1-8,10,15,21H,9,18H2. The summed E-state index contributed by atoms with van der Waals surface area (Å²) in [7, 11) is 0. The minimum atomic E-state index is -0.111. The fraction of sp³-hybridized carbons (Fsp3) is 0.125. The number of hydrogen-bond acceptors (Lipinski definition) is 4. The molecule has 1 atom stereocenters. The minimum Gasteiger partial charge on any atom is -0.271 e. The van der Waals surface area contributed by atoms with Gasteiger partial charge in [0.05, 0.1) is 29.0 Å². The molecule has 0 spiro atoms. The number of hydrogen-bond donors (Lipinski definition) is 2. The number of nitrogens with one attached hydrogen (secondary N) is 1. The maximum Gasteiger partial charge on any atom is 0.0890 e. The van der Waals surface area contributed by atoms with Crippen LogP contribution in [0, 0.1) is 0 Å². The monoisotopic (exact) mass is 298 g/mol. The Bertz CT molecular complexity index is 760. The van der Waals surface area contributed by atoms with Crippen LogP contribution in [0.1, 0.15) is 17.3 Å². The predicted molar refractivity (Wildman–Crippen MR) is 84.8 cm³/mol. The summed E-state index contributed by atoms with van der Waals surface area (Å²) in [5, 5.41) is 0.716. The van der Waals surface area contributed by atoms with E-state index in [9.17, 15) is 0 Å². The minimum absolute atomic E-state index is 0.111. The van der Waals surface area contributed by atoms with Crippen LogP contribution in [0.25, 0.3) is 11.0 Å². The van der Waals surface area contributed by atoms with Crippen LogP contribution in [0.5, 0.6) is 0 Å². The average molecular weight is 299 g/mol. The van der Waals surface area contributed by atoms with Crippen LogP contribution in [0.4, 0.5) is 0 Å². The Hall–Kier alpha value is -2.01. The molecule has 0 aliphatic rings. The van der Waals surface area contributed by atoms with E-state index in [0.717, 1.165) is 22.3 Å². The molecule has 1 heterocycles. The second-order valence-corrected chi connectivity index (χ2v) is 5.27. The third-order valence-electron chi connectivity index (χ3n) is 3.35. The molecule has 3 rings (SSSR count). The van der Waals surface area contributed by atoms with E-state index in [1.807, 2.05) is 48.5 Å². The van der Waals surface area contributed by atoms with Crippen LogP contribution in [-0.2, 0) is 6.42 Å². The summed E-state index contributed by atoms with van der Waals surface area (Å²) in [5.74, 6) is 5.68. The fourth-order valence-corrected chi connectivity index (χ4v) is 2.50. The van der Waals surface area contributed by atoms with Crippen LogP contribution in [0.3, 0.4) is 0 Å². The number of fused-ring (bicyclic) bond motifs is 1. The van der Waals surface area contributed by atoms with Gasteiger partial charge in [0.25, 0.3) is 0 Å². The smallest absolute Gasteiger partial charge is 0.0890 e. The molecule has 3 aromatic rings. The van der Waals surface area contributed by atoms with E-state index in [1.165, 1.54) is 0 Å². The van der Waals surface area contributed by atoms with Crippen LogP contribution in [0.2, 0.25) is 5.02 Å². The molecule has 0 amide bonds. The van der Waals surface area contributed by atoms with Crippen molar-refractivity contribution in [2.75, 3.05) is 0 Å². The summed E-state index contributed by atoms with van der Waals surface area (Å²) in [6.45, 7) is 0. The first kappa shape index (κ1) is 13.9. The van der Waals surface area contributed by atoms with Gasteiger partial charge >= 0.3 is 0 Å². The fourth-order valence-electron chi connectivity index (χ4n) is 2.29. The van der Waals surface area contributed by atoms with Crippen LogP contribution in [-0.4, -0.2) is 9.97 Å². The molecule has 2 aromatic carbocycles. The Morgan fingerprint density at radius 3 is 2.67 bits per heavy atom. The average Bonchev–Trinajstić information content (AvgIpc) is 2.52. The molecule has 0 radical (unpaired) electrons. The zero-order chi connectivity index (χ0) is 14.7. The number of nitrogens with zero attached hydrogens (tertiary/aromatic N) is 2. The highest BCUT2D eigenvalue weighted by Crippen LogP contribution is 2.20. The molecule has 1 unspecified atom stereocenters. The van der Waals surface area contributed by atoms with Crippen molar-refractivity contribution in [1.82, 2.24) is 15.4 Å². The molecule has 0 bridgehead atoms. The number of benzene rings is 2. The first-order chi connectivity index (χ1) is 10.3. The first-order valence-corrected chi connectivity index (χ1v) is 7.06. The number of nitrogens with two attached hydrogens (primary N) is 1. The molecule has 0 fully saturated rings. The van der Waals surface area contributed by atoms with Crippen molar-refractivity contribution in [3.05, 3.63) is 71.0 Å². The summed E-state index contributed by atoms with van der Waals surface area (Å²) in [6.07, 6.45) is 2.46. The molecule has 106 valence electrons. The summed E-state index contributed by atoms with van der Waals surface area (Å²) in [5.41, 5.74) is 6.46. The number of hydrazine groups is 1. The molecule has 4 nitrogen and oxygen atoms in total. The van der Waals surface area contributed by atoms with E-state index in [1.54, 1.807) is 6.20 Å². The third kappa shape index (κ3) is 3.19. The van der Waals surface area contributed by atoms with Crippen molar-refractivity contribution in [3.63, 3.8) is 0 Å². The van der Waals surface area contributed by atoms with E-state index >= 15 is 0 Å². The predicted octanol–water partition coefficient (Wildman–Crippen LogP) is 3.03. The second-order valence-electron chi connectivity index (χ2n) is 4.84. The maximum atomic E-state index is 6.02. The van der Waals surface area contributed by atoms with Gasteiger partial charge in [-0.2, -0.15) is 0 Å². The van der Waals surface area contributed by atoms with Gasteiger partial charge < -0.3 is 0 Å². The molecule has 5 heteroatoms. The van der Waals surface area contributed by atoms with E-state index in [2.05, 4.69) is 15.4 Å². The quantitative estimate of drug-likeness (QED) is 0.574. The first-order valence-electron chi connectivity index (χ1n) is 6.68. The third-order valence-corrected chi connectivity index (χ3v) is 3.59. The highest BCUT2D eigenvalue weighted by molar-refractivity contribution is 6.30. The van der Waals surface area contributed by atoms with E-state index in [-0.39, 0.29) is 6.04 Å². The number of aromatic nitrogens is 2. The van der Waals surface area contributed by atoms with Gasteiger partial charge in [-0.3, -0.25) is 16.3 Å². The van der Waals surface area contributed by atoms with Gasteiger partial charge in [0.15, 0.2) is 0 Å². The van der Waals surface area contributed by atoms with Crippen LogP contribution in [0.15, 0.2) is 54.7 Å². The number of rotatable bonds is 4.